The Labute approximate surface area is 128 Å². The number of carbonyl (C=O) groups excluding carboxylic acids is 1. The molecule has 0 N–H and O–H groups in total. The third-order valence-electron chi connectivity index (χ3n) is 4.51. The van der Waals surface area contributed by atoms with Gasteiger partial charge in [0.15, 0.2) is 0 Å². The number of rotatable bonds is 6. The summed E-state index contributed by atoms with van der Waals surface area (Å²) in [6, 6.07) is 10.2. The predicted molar refractivity (Wildman–Crippen MR) is 88.8 cm³/mol. The van der Waals surface area contributed by atoms with Crippen molar-refractivity contribution in [2.75, 3.05) is 13.6 Å². The van der Waals surface area contributed by atoms with E-state index in [1.54, 1.807) is 0 Å². The van der Waals surface area contributed by atoms with Crippen molar-refractivity contribution in [2.45, 2.75) is 32.1 Å². The summed E-state index contributed by atoms with van der Waals surface area (Å²) in [5, 5.41) is 0. The average Bonchev–Trinajstić information content (AvgIpc) is 2.51. The zero-order valence-electron chi connectivity index (χ0n) is 13.0. The van der Waals surface area contributed by atoms with Crippen LogP contribution in [0.5, 0.6) is 0 Å². The van der Waals surface area contributed by atoms with E-state index in [-0.39, 0.29) is 11.3 Å². The maximum absolute atomic E-state index is 12.8. The average molecular weight is 283 g/mol. The lowest BCUT2D eigenvalue weighted by Gasteiger charge is -2.41. The summed E-state index contributed by atoms with van der Waals surface area (Å²) in [6.45, 7) is 8.91. The molecule has 1 saturated heterocycles. The zero-order valence-corrected chi connectivity index (χ0v) is 13.0. The van der Waals surface area contributed by atoms with Gasteiger partial charge >= 0.3 is 0 Å². The number of amides is 1. The van der Waals surface area contributed by atoms with Crippen LogP contribution in [0.4, 0.5) is 0 Å². The molecule has 112 valence electrons. The number of allylic oxidation sites excluding steroid dienone is 2. The second kappa shape index (κ2) is 6.75. The van der Waals surface area contributed by atoms with E-state index in [1.807, 2.05) is 36.2 Å². The standard InChI is InChI=1S/C19H25NO/c1-4-5-12-19(13-9-14-20(3)18(19)21)15-16(2)17-10-7-6-8-11-17/h4,6-8,10-11H,1-2,5,9,12-15H2,3H3. The van der Waals surface area contributed by atoms with Crippen molar-refractivity contribution in [3.05, 3.63) is 55.1 Å². The fraction of sp³-hybridized carbons (Fsp3) is 0.421. The molecule has 1 aliphatic heterocycles. The first-order valence-corrected chi connectivity index (χ1v) is 7.69. The van der Waals surface area contributed by atoms with Crippen LogP contribution in [0.1, 0.15) is 37.7 Å². The van der Waals surface area contributed by atoms with E-state index in [2.05, 4.69) is 25.3 Å². The van der Waals surface area contributed by atoms with Crippen LogP contribution in [-0.2, 0) is 4.79 Å². The van der Waals surface area contributed by atoms with Gasteiger partial charge in [0.1, 0.15) is 0 Å². The molecule has 1 aliphatic rings. The first-order chi connectivity index (χ1) is 10.1. The van der Waals surface area contributed by atoms with Crippen molar-refractivity contribution in [1.29, 1.82) is 0 Å². The van der Waals surface area contributed by atoms with Gasteiger partial charge in [-0.25, -0.2) is 0 Å². The minimum absolute atomic E-state index is 0.271. The van der Waals surface area contributed by atoms with Crippen LogP contribution < -0.4 is 0 Å². The van der Waals surface area contributed by atoms with E-state index in [4.69, 9.17) is 0 Å². The lowest BCUT2D eigenvalue weighted by atomic mass is 9.70. The van der Waals surface area contributed by atoms with Crippen LogP contribution in [-0.4, -0.2) is 24.4 Å². The molecule has 1 amide bonds. The van der Waals surface area contributed by atoms with Gasteiger partial charge in [-0.1, -0.05) is 43.0 Å². The largest absolute Gasteiger partial charge is 0.345 e. The summed E-state index contributed by atoms with van der Waals surface area (Å²) in [7, 11) is 1.91. The number of piperidine rings is 1. The Kier molecular flexibility index (Phi) is 5.00. The lowest BCUT2D eigenvalue weighted by molar-refractivity contribution is -0.144. The minimum Gasteiger partial charge on any atom is -0.345 e. The smallest absolute Gasteiger partial charge is 0.228 e. The molecule has 2 rings (SSSR count). The monoisotopic (exact) mass is 283 g/mol. The molecule has 2 nitrogen and oxygen atoms in total. The summed E-state index contributed by atoms with van der Waals surface area (Å²) in [5.74, 6) is 0.271. The summed E-state index contributed by atoms with van der Waals surface area (Å²) >= 11 is 0. The maximum atomic E-state index is 12.8. The normalized spacial score (nSPS) is 22.1. The van der Waals surface area contributed by atoms with Gasteiger partial charge in [-0.3, -0.25) is 4.79 Å². The fourth-order valence-electron chi connectivity index (χ4n) is 3.32. The fourth-order valence-corrected chi connectivity index (χ4v) is 3.32. The van der Waals surface area contributed by atoms with Gasteiger partial charge in [0, 0.05) is 13.6 Å². The highest BCUT2D eigenvalue weighted by Crippen LogP contribution is 2.42. The molecule has 1 atom stereocenters. The molecule has 0 spiro atoms. The summed E-state index contributed by atoms with van der Waals surface area (Å²) in [4.78, 5) is 14.7. The molecule has 1 aromatic rings. The third-order valence-corrected chi connectivity index (χ3v) is 4.51. The van der Waals surface area contributed by atoms with Crippen molar-refractivity contribution in [3.63, 3.8) is 0 Å². The Balaban J connectivity index is 2.22. The van der Waals surface area contributed by atoms with Gasteiger partial charge in [0.25, 0.3) is 0 Å². The first kappa shape index (κ1) is 15.6. The van der Waals surface area contributed by atoms with Gasteiger partial charge in [-0.2, -0.15) is 0 Å². The van der Waals surface area contributed by atoms with Crippen molar-refractivity contribution in [1.82, 2.24) is 4.90 Å². The molecule has 0 aromatic heterocycles. The van der Waals surface area contributed by atoms with Crippen LogP contribution in [0.15, 0.2) is 49.6 Å². The number of carbonyl (C=O) groups is 1. The molecular weight excluding hydrogens is 258 g/mol. The minimum atomic E-state index is -0.298. The predicted octanol–water partition coefficient (Wildman–Crippen LogP) is 4.29. The Morgan fingerprint density at radius 1 is 1.38 bits per heavy atom. The van der Waals surface area contributed by atoms with E-state index >= 15 is 0 Å². The van der Waals surface area contributed by atoms with E-state index in [9.17, 15) is 4.79 Å². The summed E-state index contributed by atoms with van der Waals surface area (Å²) in [5.41, 5.74) is 1.90. The third kappa shape index (κ3) is 3.44. The van der Waals surface area contributed by atoms with Crippen LogP contribution >= 0.6 is 0 Å². The second-order valence-corrected chi connectivity index (χ2v) is 6.08. The Morgan fingerprint density at radius 3 is 2.76 bits per heavy atom. The Morgan fingerprint density at radius 2 is 2.10 bits per heavy atom. The van der Waals surface area contributed by atoms with E-state index in [0.29, 0.717) is 0 Å². The molecule has 21 heavy (non-hydrogen) atoms. The molecular formula is C19H25NO. The van der Waals surface area contributed by atoms with Crippen LogP contribution in [0.25, 0.3) is 5.57 Å². The highest BCUT2D eigenvalue weighted by Gasteiger charge is 2.42. The number of hydrogen-bond acceptors (Lipinski definition) is 1. The van der Waals surface area contributed by atoms with Gasteiger partial charge in [0.2, 0.25) is 5.91 Å². The van der Waals surface area contributed by atoms with Crippen molar-refractivity contribution in [3.8, 4) is 0 Å². The number of benzene rings is 1. The highest BCUT2D eigenvalue weighted by atomic mass is 16.2. The van der Waals surface area contributed by atoms with Gasteiger partial charge < -0.3 is 4.90 Å². The molecule has 1 aromatic carbocycles. The zero-order chi connectivity index (χ0) is 15.3. The number of likely N-dealkylation sites (tertiary alicyclic amines) is 1. The molecule has 1 fully saturated rings. The van der Waals surface area contributed by atoms with Crippen molar-refractivity contribution < 1.29 is 4.79 Å². The SMILES string of the molecule is C=CCCC1(CC(=C)c2ccccc2)CCCN(C)C1=O. The van der Waals surface area contributed by atoms with E-state index in [0.717, 1.165) is 49.8 Å². The van der Waals surface area contributed by atoms with Crippen LogP contribution in [0.2, 0.25) is 0 Å². The Hall–Kier alpha value is -1.83. The van der Waals surface area contributed by atoms with Gasteiger partial charge in [-0.15, -0.1) is 6.58 Å². The maximum Gasteiger partial charge on any atom is 0.228 e. The number of hydrogen-bond donors (Lipinski definition) is 0. The first-order valence-electron chi connectivity index (χ1n) is 7.69. The van der Waals surface area contributed by atoms with Crippen molar-refractivity contribution in [2.24, 2.45) is 5.41 Å². The number of nitrogens with zero attached hydrogens (tertiary/aromatic N) is 1. The molecule has 1 heterocycles. The lowest BCUT2D eigenvalue weighted by Crippen LogP contribution is -2.47. The molecule has 0 bridgehead atoms. The summed E-state index contributed by atoms with van der Waals surface area (Å²) < 4.78 is 0. The highest BCUT2D eigenvalue weighted by molar-refractivity contribution is 5.85. The van der Waals surface area contributed by atoms with E-state index in [1.165, 1.54) is 0 Å². The van der Waals surface area contributed by atoms with Gasteiger partial charge in [-0.05, 0) is 43.2 Å². The van der Waals surface area contributed by atoms with Gasteiger partial charge in [0.05, 0.1) is 5.41 Å². The summed E-state index contributed by atoms with van der Waals surface area (Å²) in [6.07, 6.45) is 6.42. The molecule has 1 unspecified atom stereocenters. The van der Waals surface area contributed by atoms with Crippen LogP contribution in [0.3, 0.4) is 0 Å². The van der Waals surface area contributed by atoms with Crippen molar-refractivity contribution >= 4 is 11.5 Å². The second-order valence-electron chi connectivity index (χ2n) is 6.08. The molecule has 0 radical (unpaired) electrons. The molecule has 0 saturated carbocycles. The Bertz CT molecular complexity index is 520. The topological polar surface area (TPSA) is 20.3 Å². The van der Waals surface area contributed by atoms with E-state index < -0.39 is 0 Å². The van der Waals surface area contributed by atoms with Crippen LogP contribution in [0, 0.1) is 5.41 Å². The quantitative estimate of drug-likeness (QED) is 0.713. The molecule has 2 heteroatoms. The molecule has 0 aliphatic carbocycles.